The SMILES string of the molecule is COc1ccccc1OCc1cc2cc(C)ccc2n1C(C)C. The molecule has 3 heteroatoms. The standard InChI is InChI=1S/C20H23NO2/c1-14(2)21-17(12-16-11-15(3)9-10-18(16)21)13-23-20-8-6-5-7-19(20)22-4/h5-12,14H,13H2,1-4H3. The van der Waals surface area contributed by atoms with Crippen molar-refractivity contribution in [2.24, 2.45) is 0 Å². The molecule has 0 radical (unpaired) electrons. The summed E-state index contributed by atoms with van der Waals surface area (Å²) in [6.45, 7) is 7.04. The van der Waals surface area contributed by atoms with Crippen LogP contribution in [0.1, 0.15) is 31.1 Å². The van der Waals surface area contributed by atoms with Crippen LogP contribution in [-0.4, -0.2) is 11.7 Å². The van der Waals surface area contributed by atoms with Gasteiger partial charge in [0.15, 0.2) is 11.5 Å². The largest absolute Gasteiger partial charge is 0.493 e. The second kappa shape index (κ2) is 6.37. The number of aryl methyl sites for hydroxylation is 1. The minimum Gasteiger partial charge on any atom is -0.493 e. The van der Waals surface area contributed by atoms with E-state index in [1.54, 1.807) is 7.11 Å². The third-order valence-electron chi connectivity index (χ3n) is 4.04. The van der Waals surface area contributed by atoms with Crippen molar-refractivity contribution in [3.8, 4) is 11.5 Å². The number of rotatable bonds is 5. The molecule has 3 aromatic rings. The predicted molar refractivity (Wildman–Crippen MR) is 94.4 cm³/mol. The lowest BCUT2D eigenvalue weighted by Crippen LogP contribution is -2.08. The quantitative estimate of drug-likeness (QED) is 0.653. The molecule has 0 bridgehead atoms. The van der Waals surface area contributed by atoms with Gasteiger partial charge >= 0.3 is 0 Å². The molecular weight excluding hydrogens is 286 g/mol. The van der Waals surface area contributed by atoms with Gasteiger partial charge in [-0.2, -0.15) is 0 Å². The molecule has 0 amide bonds. The number of fused-ring (bicyclic) bond motifs is 1. The van der Waals surface area contributed by atoms with Crippen LogP contribution >= 0.6 is 0 Å². The lowest BCUT2D eigenvalue weighted by Gasteiger charge is -2.16. The van der Waals surface area contributed by atoms with Gasteiger partial charge < -0.3 is 14.0 Å². The zero-order valence-electron chi connectivity index (χ0n) is 14.2. The van der Waals surface area contributed by atoms with E-state index < -0.39 is 0 Å². The molecule has 1 aromatic heterocycles. The van der Waals surface area contributed by atoms with Crippen LogP contribution < -0.4 is 9.47 Å². The second-order valence-corrected chi connectivity index (χ2v) is 6.10. The molecule has 2 aromatic carbocycles. The third-order valence-corrected chi connectivity index (χ3v) is 4.04. The molecule has 0 aliphatic carbocycles. The van der Waals surface area contributed by atoms with Crippen molar-refractivity contribution in [2.75, 3.05) is 7.11 Å². The molecule has 0 atom stereocenters. The topological polar surface area (TPSA) is 23.4 Å². The maximum absolute atomic E-state index is 6.02. The Morgan fingerprint density at radius 1 is 1.00 bits per heavy atom. The minimum atomic E-state index is 0.381. The summed E-state index contributed by atoms with van der Waals surface area (Å²) in [6.07, 6.45) is 0. The number of ether oxygens (including phenoxy) is 2. The molecule has 23 heavy (non-hydrogen) atoms. The van der Waals surface area contributed by atoms with E-state index in [1.807, 2.05) is 24.3 Å². The molecule has 0 saturated carbocycles. The molecule has 3 nitrogen and oxygen atoms in total. The van der Waals surface area contributed by atoms with Gasteiger partial charge in [0, 0.05) is 16.9 Å². The van der Waals surface area contributed by atoms with E-state index in [0.717, 1.165) is 11.5 Å². The van der Waals surface area contributed by atoms with Gasteiger partial charge in [0.25, 0.3) is 0 Å². The van der Waals surface area contributed by atoms with Crippen molar-refractivity contribution in [3.05, 3.63) is 59.8 Å². The number of benzene rings is 2. The summed E-state index contributed by atoms with van der Waals surface area (Å²) in [5.74, 6) is 1.53. The summed E-state index contributed by atoms with van der Waals surface area (Å²) >= 11 is 0. The van der Waals surface area contributed by atoms with Gasteiger partial charge in [-0.15, -0.1) is 0 Å². The Morgan fingerprint density at radius 3 is 2.43 bits per heavy atom. The molecule has 0 fully saturated rings. The molecule has 3 rings (SSSR count). The van der Waals surface area contributed by atoms with Crippen molar-refractivity contribution in [1.29, 1.82) is 0 Å². The second-order valence-electron chi connectivity index (χ2n) is 6.10. The summed E-state index contributed by atoms with van der Waals surface area (Å²) in [4.78, 5) is 0. The number of nitrogens with zero attached hydrogens (tertiary/aromatic N) is 1. The lowest BCUT2D eigenvalue weighted by atomic mass is 10.2. The maximum Gasteiger partial charge on any atom is 0.161 e. The number of aromatic nitrogens is 1. The Morgan fingerprint density at radius 2 is 1.74 bits per heavy atom. The van der Waals surface area contributed by atoms with Crippen LogP contribution in [0, 0.1) is 6.92 Å². The van der Waals surface area contributed by atoms with Gasteiger partial charge in [-0.3, -0.25) is 0 Å². The molecule has 0 unspecified atom stereocenters. The number of hydrogen-bond donors (Lipinski definition) is 0. The van der Waals surface area contributed by atoms with Crippen molar-refractivity contribution in [3.63, 3.8) is 0 Å². The summed E-state index contributed by atoms with van der Waals surface area (Å²) < 4.78 is 13.7. The first kappa shape index (κ1) is 15.5. The highest BCUT2D eigenvalue weighted by Crippen LogP contribution is 2.29. The number of hydrogen-bond acceptors (Lipinski definition) is 2. The summed E-state index contributed by atoms with van der Waals surface area (Å²) in [5.41, 5.74) is 3.70. The van der Waals surface area contributed by atoms with Crippen molar-refractivity contribution < 1.29 is 9.47 Å². The van der Waals surface area contributed by atoms with Crippen molar-refractivity contribution in [1.82, 2.24) is 4.57 Å². The van der Waals surface area contributed by atoms with E-state index in [2.05, 4.69) is 49.6 Å². The zero-order valence-corrected chi connectivity index (χ0v) is 14.2. The highest BCUT2D eigenvalue weighted by Gasteiger charge is 2.13. The minimum absolute atomic E-state index is 0.381. The lowest BCUT2D eigenvalue weighted by molar-refractivity contribution is 0.274. The van der Waals surface area contributed by atoms with Crippen LogP contribution in [0.4, 0.5) is 0 Å². The average molecular weight is 309 g/mol. The first-order valence-corrected chi connectivity index (χ1v) is 7.96. The fourth-order valence-electron chi connectivity index (χ4n) is 3.02. The average Bonchev–Trinajstić information content (AvgIpc) is 2.90. The summed E-state index contributed by atoms with van der Waals surface area (Å²) in [7, 11) is 1.66. The van der Waals surface area contributed by atoms with Crippen LogP contribution in [0.5, 0.6) is 11.5 Å². The Hall–Kier alpha value is -2.42. The molecule has 0 saturated heterocycles. The molecule has 120 valence electrons. The predicted octanol–water partition coefficient (Wildman–Crippen LogP) is 5.12. The van der Waals surface area contributed by atoms with Crippen LogP contribution in [0.15, 0.2) is 48.5 Å². The van der Waals surface area contributed by atoms with Crippen LogP contribution in [0.2, 0.25) is 0 Å². The van der Waals surface area contributed by atoms with Crippen molar-refractivity contribution in [2.45, 2.75) is 33.4 Å². The maximum atomic E-state index is 6.02. The Balaban J connectivity index is 1.94. The summed E-state index contributed by atoms with van der Waals surface area (Å²) in [5, 5.41) is 1.26. The van der Waals surface area contributed by atoms with Crippen LogP contribution in [0.3, 0.4) is 0 Å². The summed E-state index contributed by atoms with van der Waals surface area (Å²) in [6, 6.07) is 16.9. The first-order chi connectivity index (χ1) is 11.1. The van der Waals surface area contributed by atoms with E-state index in [0.29, 0.717) is 12.6 Å². The van der Waals surface area contributed by atoms with Gasteiger partial charge in [0.1, 0.15) is 6.61 Å². The third kappa shape index (κ3) is 3.04. The van der Waals surface area contributed by atoms with E-state index in [1.165, 1.54) is 22.2 Å². The molecule has 0 N–H and O–H groups in total. The number of para-hydroxylation sites is 2. The van der Waals surface area contributed by atoms with Gasteiger partial charge in [-0.05, 0) is 51.1 Å². The van der Waals surface area contributed by atoms with E-state index in [4.69, 9.17) is 9.47 Å². The van der Waals surface area contributed by atoms with E-state index in [9.17, 15) is 0 Å². The molecule has 0 spiro atoms. The highest BCUT2D eigenvalue weighted by molar-refractivity contribution is 5.82. The molecular formula is C20H23NO2. The normalized spacial score (nSPS) is 11.2. The van der Waals surface area contributed by atoms with Gasteiger partial charge in [0.05, 0.1) is 12.8 Å². The highest BCUT2D eigenvalue weighted by atomic mass is 16.5. The monoisotopic (exact) mass is 309 g/mol. The smallest absolute Gasteiger partial charge is 0.161 e. The first-order valence-electron chi connectivity index (χ1n) is 7.96. The van der Waals surface area contributed by atoms with Gasteiger partial charge in [-0.1, -0.05) is 23.8 Å². The Bertz CT molecular complexity index is 818. The Labute approximate surface area is 137 Å². The van der Waals surface area contributed by atoms with Crippen LogP contribution in [0.25, 0.3) is 10.9 Å². The van der Waals surface area contributed by atoms with Gasteiger partial charge in [-0.25, -0.2) is 0 Å². The number of methoxy groups -OCH3 is 1. The fraction of sp³-hybridized carbons (Fsp3) is 0.300. The molecule has 0 aliphatic rings. The van der Waals surface area contributed by atoms with Crippen molar-refractivity contribution >= 4 is 10.9 Å². The Kier molecular flexibility index (Phi) is 4.28. The van der Waals surface area contributed by atoms with Gasteiger partial charge in [0.2, 0.25) is 0 Å². The van der Waals surface area contributed by atoms with Crippen LogP contribution in [-0.2, 0) is 6.61 Å². The fourth-order valence-corrected chi connectivity index (χ4v) is 3.02. The zero-order chi connectivity index (χ0) is 16.4. The molecule has 1 heterocycles. The van der Waals surface area contributed by atoms with E-state index >= 15 is 0 Å². The molecule has 0 aliphatic heterocycles. The van der Waals surface area contributed by atoms with E-state index in [-0.39, 0.29) is 0 Å².